The molecule has 3 heterocycles. The average Bonchev–Trinajstić information content (AvgIpc) is 3.16. The summed E-state index contributed by atoms with van der Waals surface area (Å²) >= 11 is 0. The van der Waals surface area contributed by atoms with Gasteiger partial charge in [-0.15, -0.1) is 10.2 Å². The van der Waals surface area contributed by atoms with Gasteiger partial charge in [-0.25, -0.2) is 9.78 Å². The van der Waals surface area contributed by atoms with Gasteiger partial charge in [-0.2, -0.15) is 5.21 Å². The highest BCUT2D eigenvalue weighted by Gasteiger charge is 2.13. The Balaban J connectivity index is 1.69. The lowest BCUT2D eigenvalue weighted by Crippen LogP contribution is -2.07. The molecule has 0 spiro atoms. The lowest BCUT2D eigenvalue weighted by atomic mass is 10.3. The second-order valence-corrected chi connectivity index (χ2v) is 4.45. The predicted molar refractivity (Wildman–Crippen MR) is 73.8 cm³/mol. The van der Waals surface area contributed by atoms with E-state index in [1.807, 2.05) is 12.1 Å². The van der Waals surface area contributed by atoms with Gasteiger partial charge in [0.25, 0.3) is 0 Å². The Hall–Kier alpha value is -2.81. The number of aromatic amines is 1. The number of carbonyl (C=O) groups excluding carboxylic acids is 1. The van der Waals surface area contributed by atoms with Crippen molar-refractivity contribution in [3.05, 3.63) is 41.6 Å². The maximum atomic E-state index is 11.8. The summed E-state index contributed by atoms with van der Waals surface area (Å²) in [5.74, 6) is 0.0996. The smallest absolute Gasteiger partial charge is 0.356 e. The molecule has 114 valence electrons. The van der Waals surface area contributed by atoms with E-state index in [2.05, 4.69) is 25.6 Å². The Bertz CT molecular complexity index is 767. The first-order valence-corrected chi connectivity index (χ1v) is 6.71. The normalized spacial score (nSPS) is 11.0. The van der Waals surface area contributed by atoms with Crippen LogP contribution >= 0.6 is 0 Å². The van der Waals surface area contributed by atoms with Crippen molar-refractivity contribution in [3.63, 3.8) is 0 Å². The van der Waals surface area contributed by atoms with Crippen molar-refractivity contribution < 1.29 is 14.3 Å². The number of hydrogen-bond donors (Lipinski definition) is 1. The summed E-state index contributed by atoms with van der Waals surface area (Å²) in [4.78, 5) is 16.0. The van der Waals surface area contributed by atoms with Crippen LogP contribution in [0.1, 0.15) is 28.8 Å². The number of aromatic nitrogens is 6. The van der Waals surface area contributed by atoms with E-state index in [1.165, 1.54) is 6.20 Å². The second kappa shape index (κ2) is 6.31. The molecular formula is C13H14N6O3. The van der Waals surface area contributed by atoms with Crippen LogP contribution in [0.4, 0.5) is 0 Å². The number of fused-ring (bicyclic) bond motifs is 1. The molecule has 9 heteroatoms. The minimum Gasteiger partial charge on any atom is -0.461 e. The third-order valence-corrected chi connectivity index (χ3v) is 2.95. The molecule has 0 saturated carbocycles. The van der Waals surface area contributed by atoms with Crippen LogP contribution in [0, 0.1) is 0 Å². The van der Waals surface area contributed by atoms with Crippen LogP contribution in [-0.4, -0.2) is 42.6 Å². The first-order chi connectivity index (χ1) is 10.8. The Morgan fingerprint density at radius 3 is 3.09 bits per heavy atom. The maximum absolute atomic E-state index is 11.8. The van der Waals surface area contributed by atoms with Gasteiger partial charge in [0.05, 0.1) is 19.4 Å². The summed E-state index contributed by atoms with van der Waals surface area (Å²) < 4.78 is 12.2. The van der Waals surface area contributed by atoms with Crippen molar-refractivity contribution in [2.45, 2.75) is 20.1 Å². The number of nitrogens with one attached hydrogen (secondary N) is 1. The van der Waals surface area contributed by atoms with Crippen LogP contribution in [0.3, 0.4) is 0 Å². The monoisotopic (exact) mass is 302 g/mol. The van der Waals surface area contributed by atoms with Gasteiger partial charge in [-0.3, -0.25) is 4.40 Å². The molecule has 0 amide bonds. The molecule has 0 saturated heterocycles. The molecule has 0 aromatic carbocycles. The second-order valence-electron chi connectivity index (χ2n) is 4.45. The van der Waals surface area contributed by atoms with E-state index in [4.69, 9.17) is 9.47 Å². The summed E-state index contributed by atoms with van der Waals surface area (Å²) in [6.45, 7) is 2.74. The largest absolute Gasteiger partial charge is 0.461 e. The lowest BCUT2D eigenvalue weighted by Gasteiger charge is -2.04. The number of H-pyrrole nitrogens is 1. The van der Waals surface area contributed by atoms with Crippen molar-refractivity contribution in [3.8, 4) is 0 Å². The number of pyridine rings is 1. The Labute approximate surface area is 125 Å². The molecule has 22 heavy (non-hydrogen) atoms. The molecule has 0 bridgehead atoms. The molecular weight excluding hydrogens is 288 g/mol. The molecule has 0 unspecified atom stereocenters. The van der Waals surface area contributed by atoms with Gasteiger partial charge in [-0.1, -0.05) is 5.21 Å². The zero-order valence-corrected chi connectivity index (χ0v) is 11.9. The summed E-state index contributed by atoms with van der Waals surface area (Å²) in [6, 6.07) is 3.70. The number of esters is 1. The van der Waals surface area contributed by atoms with Crippen molar-refractivity contribution >= 4 is 11.6 Å². The molecule has 0 fully saturated rings. The van der Waals surface area contributed by atoms with Gasteiger partial charge in [0.1, 0.15) is 12.3 Å². The van der Waals surface area contributed by atoms with Gasteiger partial charge in [-0.05, 0) is 24.6 Å². The Kier molecular flexibility index (Phi) is 4.05. The number of rotatable bonds is 6. The van der Waals surface area contributed by atoms with E-state index < -0.39 is 5.97 Å². The lowest BCUT2D eigenvalue weighted by molar-refractivity contribution is 0.0518. The highest BCUT2D eigenvalue weighted by atomic mass is 16.5. The van der Waals surface area contributed by atoms with Crippen LogP contribution in [0.25, 0.3) is 5.65 Å². The number of nitrogens with zero attached hydrogens (tertiary/aromatic N) is 5. The zero-order valence-electron chi connectivity index (χ0n) is 11.9. The third kappa shape index (κ3) is 2.93. The van der Waals surface area contributed by atoms with Gasteiger partial charge >= 0.3 is 5.97 Å². The summed E-state index contributed by atoms with van der Waals surface area (Å²) in [6.07, 6.45) is 3.26. The molecule has 1 N–H and O–H groups in total. The molecule has 3 aromatic heterocycles. The Morgan fingerprint density at radius 2 is 2.32 bits per heavy atom. The molecule has 0 atom stereocenters. The van der Waals surface area contributed by atoms with Crippen LogP contribution in [0.15, 0.2) is 24.5 Å². The molecule has 3 rings (SSSR count). The topological polar surface area (TPSA) is 107 Å². The summed E-state index contributed by atoms with van der Waals surface area (Å²) in [5, 5.41) is 13.4. The summed E-state index contributed by atoms with van der Waals surface area (Å²) in [5.41, 5.74) is 1.98. The van der Waals surface area contributed by atoms with E-state index >= 15 is 0 Å². The molecule has 3 aromatic rings. The summed E-state index contributed by atoms with van der Waals surface area (Å²) in [7, 11) is 0. The molecule has 0 aliphatic rings. The highest BCUT2D eigenvalue weighted by Crippen LogP contribution is 2.12. The van der Waals surface area contributed by atoms with Crippen LogP contribution in [0.2, 0.25) is 0 Å². The van der Waals surface area contributed by atoms with E-state index in [9.17, 15) is 4.79 Å². The van der Waals surface area contributed by atoms with Crippen molar-refractivity contribution in [2.24, 2.45) is 0 Å². The molecule has 9 nitrogen and oxygen atoms in total. The van der Waals surface area contributed by atoms with E-state index in [0.29, 0.717) is 30.4 Å². The number of carbonyl (C=O) groups is 1. The standard InChI is InChI=1S/C13H14N6O3/c1-2-22-13(20)10-6-14-12-5-9(3-4-19(10)12)7-21-8-11-15-17-18-16-11/h3-6H,2,7-8H2,1H3,(H,15,16,17,18). The molecule has 0 radical (unpaired) electrons. The van der Waals surface area contributed by atoms with Gasteiger partial charge in [0.2, 0.25) is 0 Å². The fourth-order valence-corrected chi connectivity index (χ4v) is 1.97. The maximum Gasteiger partial charge on any atom is 0.356 e. The van der Waals surface area contributed by atoms with Gasteiger partial charge in [0.15, 0.2) is 11.5 Å². The van der Waals surface area contributed by atoms with Crippen molar-refractivity contribution in [1.82, 2.24) is 30.0 Å². The fourth-order valence-electron chi connectivity index (χ4n) is 1.97. The van der Waals surface area contributed by atoms with Gasteiger partial charge in [0, 0.05) is 6.20 Å². The molecule has 0 aliphatic carbocycles. The van der Waals surface area contributed by atoms with E-state index in [-0.39, 0.29) is 6.61 Å². The zero-order chi connectivity index (χ0) is 15.4. The quantitative estimate of drug-likeness (QED) is 0.669. The minimum atomic E-state index is -0.392. The minimum absolute atomic E-state index is 0.268. The highest BCUT2D eigenvalue weighted by molar-refractivity contribution is 5.88. The third-order valence-electron chi connectivity index (χ3n) is 2.95. The van der Waals surface area contributed by atoms with Crippen LogP contribution < -0.4 is 0 Å². The van der Waals surface area contributed by atoms with Gasteiger partial charge < -0.3 is 9.47 Å². The molecule has 0 aliphatic heterocycles. The predicted octanol–water partition coefficient (Wildman–Crippen LogP) is 0.741. The SMILES string of the molecule is CCOC(=O)c1cnc2cc(COCc3nn[nH]n3)ccn12. The first-order valence-electron chi connectivity index (χ1n) is 6.71. The number of imidazole rings is 1. The van der Waals surface area contributed by atoms with Crippen LogP contribution in [-0.2, 0) is 22.7 Å². The van der Waals surface area contributed by atoms with Crippen LogP contribution in [0.5, 0.6) is 0 Å². The average molecular weight is 302 g/mol. The number of hydrogen-bond acceptors (Lipinski definition) is 7. The first kappa shape index (κ1) is 14.1. The van der Waals surface area contributed by atoms with Crippen molar-refractivity contribution in [2.75, 3.05) is 6.61 Å². The van der Waals surface area contributed by atoms with E-state index in [0.717, 1.165) is 5.56 Å². The number of ether oxygens (including phenoxy) is 2. The van der Waals surface area contributed by atoms with E-state index in [1.54, 1.807) is 17.5 Å². The fraction of sp³-hybridized carbons (Fsp3) is 0.308. The Morgan fingerprint density at radius 1 is 1.41 bits per heavy atom. The van der Waals surface area contributed by atoms with Crippen molar-refractivity contribution in [1.29, 1.82) is 0 Å². The number of tetrazole rings is 1.